The molecule has 0 bridgehead atoms. The summed E-state index contributed by atoms with van der Waals surface area (Å²) in [6.07, 6.45) is 0. The van der Waals surface area contributed by atoms with Crippen LogP contribution in [0.4, 0.5) is 10.1 Å². The molecule has 0 spiro atoms. The Balaban J connectivity index is 1.73. The van der Waals surface area contributed by atoms with E-state index in [2.05, 4.69) is 4.90 Å². The van der Waals surface area contributed by atoms with Crippen molar-refractivity contribution >= 4 is 11.6 Å². The highest BCUT2D eigenvalue weighted by Gasteiger charge is 2.28. The summed E-state index contributed by atoms with van der Waals surface area (Å²) in [4.78, 5) is 17.7. The molecular weight excluding hydrogens is 405 g/mol. The number of amides is 1. The van der Waals surface area contributed by atoms with Crippen LogP contribution in [0.3, 0.4) is 0 Å². The number of halogens is 1. The number of carbonyl (C=O) groups is 1. The van der Waals surface area contributed by atoms with Gasteiger partial charge in [-0.3, -0.25) is 4.79 Å². The van der Waals surface area contributed by atoms with Crippen molar-refractivity contribution in [3.63, 3.8) is 0 Å². The minimum Gasteiger partial charge on any atom is -0.378 e. The molecule has 2 heterocycles. The summed E-state index contributed by atoms with van der Waals surface area (Å²) >= 11 is 0. The molecule has 6 heteroatoms. The van der Waals surface area contributed by atoms with Gasteiger partial charge in [0.2, 0.25) is 0 Å². The van der Waals surface area contributed by atoms with Crippen molar-refractivity contribution in [3.8, 4) is 0 Å². The Kier molecular flexibility index (Phi) is 6.61. The summed E-state index contributed by atoms with van der Waals surface area (Å²) in [6, 6.07) is 16.5. The van der Waals surface area contributed by atoms with Gasteiger partial charge in [0.1, 0.15) is 11.5 Å². The first-order valence-corrected chi connectivity index (χ1v) is 11.0. The normalized spacial score (nSPS) is 13.9. The molecule has 1 aliphatic rings. The average Bonchev–Trinajstić information content (AvgIpc) is 3.03. The van der Waals surface area contributed by atoms with E-state index in [0.717, 1.165) is 41.2 Å². The Labute approximate surface area is 189 Å². The zero-order valence-electron chi connectivity index (χ0n) is 19.0. The first kappa shape index (κ1) is 22.1. The van der Waals surface area contributed by atoms with Gasteiger partial charge in [-0.2, -0.15) is 0 Å². The van der Waals surface area contributed by atoms with Crippen LogP contribution in [-0.2, 0) is 17.8 Å². The number of ether oxygens (including phenoxy) is 1. The maximum Gasteiger partial charge on any atom is 0.270 e. The van der Waals surface area contributed by atoms with Crippen LogP contribution in [0.25, 0.3) is 0 Å². The Morgan fingerprint density at radius 2 is 1.72 bits per heavy atom. The highest BCUT2D eigenvalue weighted by Crippen LogP contribution is 2.33. The number of benzene rings is 2. The molecule has 3 aromatic rings. The lowest BCUT2D eigenvalue weighted by atomic mass is 10.1. The number of aromatic nitrogens is 1. The molecule has 0 saturated carbocycles. The number of hydrogen-bond donors (Lipinski definition) is 0. The maximum absolute atomic E-state index is 13.9. The largest absolute Gasteiger partial charge is 0.378 e. The molecule has 168 valence electrons. The standard InChI is InChI=1S/C26H30FN3O2/c1-19-24(29-12-14-32-15-13-29)20(2)30(18-22-10-7-11-23(27)16-22)25(19)26(31)28(3)17-21-8-5-4-6-9-21/h4-11,16H,12-15,17-18H2,1-3H3. The predicted octanol–water partition coefficient (Wildman–Crippen LogP) is 4.40. The second-order valence-electron chi connectivity index (χ2n) is 8.37. The van der Waals surface area contributed by atoms with Gasteiger partial charge in [0, 0.05) is 44.5 Å². The molecule has 1 aliphatic heterocycles. The van der Waals surface area contributed by atoms with Gasteiger partial charge in [0.15, 0.2) is 0 Å². The van der Waals surface area contributed by atoms with Gasteiger partial charge < -0.3 is 19.1 Å². The SMILES string of the molecule is Cc1c(N2CCOCC2)c(C)n(Cc2cccc(F)c2)c1C(=O)N(C)Cc1ccccc1. The molecule has 2 aromatic carbocycles. The second-order valence-corrected chi connectivity index (χ2v) is 8.37. The first-order valence-electron chi connectivity index (χ1n) is 11.0. The number of morpholine rings is 1. The van der Waals surface area contributed by atoms with Crippen LogP contribution in [0.1, 0.15) is 32.9 Å². The Morgan fingerprint density at radius 3 is 2.41 bits per heavy atom. The van der Waals surface area contributed by atoms with Gasteiger partial charge in [-0.05, 0) is 37.1 Å². The van der Waals surface area contributed by atoms with Gasteiger partial charge in [-0.15, -0.1) is 0 Å². The van der Waals surface area contributed by atoms with E-state index in [9.17, 15) is 9.18 Å². The Hall–Kier alpha value is -3.12. The fourth-order valence-corrected chi connectivity index (χ4v) is 4.54. The van der Waals surface area contributed by atoms with Crippen LogP contribution in [-0.4, -0.2) is 48.7 Å². The van der Waals surface area contributed by atoms with Crippen molar-refractivity contribution in [2.45, 2.75) is 26.9 Å². The molecule has 0 N–H and O–H groups in total. The van der Waals surface area contributed by atoms with Crippen LogP contribution in [0.5, 0.6) is 0 Å². The zero-order valence-corrected chi connectivity index (χ0v) is 19.0. The van der Waals surface area contributed by atoms with Gasteiger partial charge in [0.05, 0.1) is 18.9 Å². The van der Waals surface area contributed by atoms with E-state index in [0.29, 0.717) is 32.0 Å². The molecule has 0 aliphatic carbocycles. The zero-order chi connectivity index (χ0) is 22.7. The fraction of sp³-hybridized carbons (Fsp3) is 0.346. The molecule has 1 fully saturated rings. The van der Waals surface area contributed by atoms with Crippen LogP contribution in [0, 0.1) is 19.7 Å². The van der Waals surface area contributed by atoms with Gasteiger partial charge in [-0.25, -0.2) is 4.39 Å². The number of carbonyl (C=O) groups excluding carboxylic acids is 1. The smallest absolute Gasteiger partial charge is 0.270 e. The van der Waals surface area contributed by atoms with E-state index in [1.54, 1.807) is 11.0 Å². The summed E-state index contributed by atoms with van der Waals surface area (Å²) < 4.78 is 21.4. The quantitative estimate of drug-likeness (QED) is 0.576. The molecule has 1 saturated heterocycles. The average molecular weight is 436 g/mol. The third-order valence-electron chi connectivity index (χ3n) is 6.10. The molecule has 0 radical (unpaired) electrons. The van der Waals surface area contributed by atoms with E-state index in [1.165, 1.54) is 12.1 Å². The van der Waals surface area contributed by atoms with Gasteiger partial charge in [0.25, 0.3) is 5.91 Å². The van der Waals surface area contributed by atoms with Crippen LogP contribution in [0.15, 0.2) is 54.6 Å². The summed E-state index contributed by atoms with van der Waals surface area (Å²) in [6.45, 7) is 7.95. The van der Waals surface area contributed by atoms with Crippen molar-refractivity contribution in [2.24, 2.45) is 0 Å². The Bertz CT molecular complexity index is 1090. The van der Waals surface area contributed by atoms with E-state index in [1.807, 2.05) is 61.9 Å². The summed E-state index contributed by atoms with van der Waals surface area (Å²) in [7, 11) is 1.83. The predicted molar refractivity (Wildman–Crippen MR) is 125 cm³/mol. The van der Waals surface area contributed by atoms with Crippen molar-refractivity contribution in [1.29, 1.82) is 0 Å². The highest BCUT2D eigenvalue weighted by atomic mass is 19.1. The molecule has 4 rings (SSSR count). The summed E-state index contributed by atoms with van der Waals surface area (Å²) in [5.74, 6) is -0.308. The highest BCUT2D eigenvalue weighted by molar-refractivity contribution is 5.96. The number of anilines is 1. The summed E-state index contributed by atoms with van der Waals surface area (Å²) in [5, 5.41) is 0. The van der Waals surface area contributed by atoms with E-state index in [-0.39, 0.29) is 11.7 Å². The van der Waals surface area contributed by atoms with E-state index in [4.69, 9.17) is 4.74 Å². The third kappa shape index (κ3) is 4.55. The molecule has 0 unspecified atom stereocenters. The van der Waals surface area contributed by atoms with E-state index >= 15 is 0 Å². The van der Waals surface area contributed by atoms with Crippen LogP contribution in [0.2, 0.25) is 0 Å². The number of nitrogens with zero attached hydrogens (tertiary/aromatic N) is 3. The van der Waals surface area contributed by atoms with Crippen LogP contribution >= 0.6 is 0 Å². The van der Waals surface area contributed by atoms with E-state index < -0.39 is 0 Å². The molecule has 1 aromatic heterocycles. The minimum absolute atomic E-state index is 0.0367. The monoisotopic (exact) mass is 435 g/mol. The minimum atomic E-state index is -0.272. The molecule has 0 atom stereocenters. The van der Waals surface area contributed by atoms with Gasteiger partial charge in [-0.1, -0.05) is 42.5 Å². The van der Waals surface area contributed by atoms with Crippen molar-refractivity contribution in [1.82, 2.24) is 9.47 Å². The number of hydrogen-bond acceptors (Lipinski definition) is 3. The summed E-state index contributed by atoms with van der Waals surface area (Å²) in [5.41, 5.74) is 5.63. The van der Waals surface area contributed by atoms with Crippen LogP contribution < -0.4 is 4.90 Å². The topological polar surface area (TPSA) is 37.7 Å². The first-order chi connectivity index (χ1) is 15.5. The van der Waals surface area contributed by atoms with Crippen molar-refractivity contribution in [2.75, 3.05) is 38.3 Å². The van der Waals surface area contributed by atoms with Crippen molar-refractivity contribution in [3.05, 3.63) is 88.5 Å². The molecule has 32 heavy (non-hydrogen) atoms. The third-order valence-corrected chi connectivity index (χ3v) is 6.10. The fourth-order valence-electron chi connectivity index (χ4n) is 4.54. The second kappa shape index (κ2) is 9.57. The van der Waals surface area contributed by atoms with Gasteiger partial charge >= 0.3 is 0 Å². The maximum atomic E-state index is 13.9. The number of rotatable bonds is 6. The lowest BCUT2D eigenvalue weighted by molar-refractivity contribution is 0.0774. The lowest BCUT2D eigenvalue weighted by Gasteiger charge is -2.29. The molecular formula is C26H30FN3O2. The Morgan fingerprint density at radius 1 is 1.03 bits per heavy atom. The molecule has 1 amide bonds. The lowest BCUT2D eigenvalue weighted by Crippen LogP contribution is -2.36. The van der Waals surface area contributed by atoms with Crippen molar-refractivity contribution < 1.29 is 13.9 Å². The molecule has 5 nitrogen and oxygen atoms in total.